The van der Waals surface area contributed by atoms with E-state index in [4.69, 9.17) is 9.68 Å². The molecule has 0 bridgehead atoms. The van der Waals surface area contributed by atoms with Crippen molar-refractivity contribution >= 4 is 0 Å². The summed E-state index contributed by atoms with van der Waals surface area (Å²) in [6.07, 6.45) is 2.37. The van der Waals surface area contributed by atoms with Crippen molar-refractivity contribution in [3.05, 3.63) is 29.9 Å². The number of aromatic nitrogens is 2. The predicted molar refractivity (Wildman–Crippen MR) is 59.7 cm³/mol. The molecule has 2 rings (SSSR count). The molecule has 0 spiro atoms. The summed E-state index contributed by atoms with van der Waals surface area (Å²) >= 11 is 0. The molecule has 82 valence electrons. The van der Waals surface area contributed by atoms with Gasteiger partial charge in [0, 0.05) is 5.69 Å². The summed E-state index contributed by atoms with van der Waals surface area (Å²) in [6, 6.07) is 5.92. The highest BCUT2D eigenvalue weighted by Crippen LogP contribution is 2.25. The van der Waals surface area contributed by atoms with Gasteiger partial charge in [0.1, 0.15) is 17.4 Å². The van der Waals surface area contributed by atoms with Gasteiger partial charge in [0.25, 0.3) is 0 Å². The number of nitrogens with zero attached hydrogens (tertiary/aromatic N) is 2. The molecule has 4 heteroatoms. The Balaban J connectivity index is 2.40. The first-order valence-electron chi connectivity index (χ1n) is 5.26. The summed E-state index contributed by atoms with van der Waals surface area (Å²) in [6.45, 7) is 3.90. The summed E-state index contributed by atoms with van der Waals surface area (Å²) in [5.74, 6) is 1.27. The van der Waals surface area contributed by atoms with Gasteiger partial charge in [-0.25, -0.2) is 4.98 Å². The Morgan fingerprint density at radius 1 is 1.62 bits per heavy atom. The Morgan fingerprint density at radius 3 is 3.00 bits per heavy atom. The fraction of sp³-hybridized carbons (Fsp3) is 0.333. The largest absolute Gasteiger partial charge is 0.463 e. The van der Waals surface area contributed by atoms with E-state index >= 15 is 0 Å². The van der Waals surface area contributed by atoms with Crippen LogP contribution in [0.2, 0.25) is 0 Å². The zero-order valence-electron chi connectivity index (χ0n) is 9.32. The first kappa shape index (κ1) is 10.5. The Kier molecular flexibility index (Phi) is 2.78. The van der Waals surface area contributed by atoms with E-state index in [-0.39, 0.29) is 5.92 Å². The molecule has 0 amide bonds. The molecule has 2 heterocycles. The van der Waals surface area contributed by atoms with E-state index in [1.807, 2.05) is 26.0 Å². The van der Waals surface area contributed by atoms with Crippen molar-refractivity contribution in [3.63, 3.8) is 0 Å². The van der Waals surface area contributed by atoms with Gasteiger partial charge >= 0.3 is 0 Å². The van der Waals surface area contributed by atoms with Gasteiger partial charge in [0.15, 0.2) is 5.76 Å². The van der Waals surface area contributed by atoms with Crippen molar-refractivity contribution < 1.29 is 4.42 Å². The smallest absolute Gasteiger partial charge is 0.154 e. The minimum Gasteiger partial charge on any atom is -0.463 e. The fourth-order valence-electron chi connectivity index (χ4n) is 1.65. The summed E-state index contributed by atoms with van der Waals surface area (Å²) in [4.78, 5) is 7.56. The van der Waals surface area contributed by atoms with E-state index in [0.29, 0.717) is 5.82 Å². The third-order valence-electron chi connectivity index (χ3n) is 2.55. The number of furan rings is 1. The van der Waals surface area contributed by atoms with Crippen molar-refractivity contribution in [3.8, 4) is 17.5 Å². The number of aryl methyl sites for hydroxylation is 1. The highest BCUT2D eigenvalue weighted by atomic mass is 16.3. The third kappa shape index (κ3) is 1.72. The van der Waals surface area contributed by atoms with Crippen LogP contribution in [0, 0.1) is 18.3 Å². The molecule has 0 aliphatic carbocycles. The van der Waals surface area contributed by atoms with Gasteiger partial charge in [0.05, 0.1) is 12.3 Å². The topological polar surface area (TPSA) is 65.6 Å². The van der Waals surface area contributed by atoms with Gasteiger partial charge in [-0.2, -0.15) is 5.26 Å². The minimum atomic E-state index is -0.178. The van der Waals surface area contributed by atoms with Crippen LogP contribution in [0.3, 0.4) is 0 Å². The SMILES string of the molecule is CCC(C#N)c1nc(-c2ccco2)c(C)[nH]1. The Hall–Kier alpha value is -2.02. The van der Waals surface area contributed by atoms with E-state index in [1.54, 1.807) is 6.26 Å². The van der Waals surface area contributed by atoms with Crippen molar-refractivity contribution in [2.24, 2.45) is 0 Å². The summed E-state index contributed by atoms with van der Waals surface area (Å²) in [5, 5.41) is 8.98. The lowest BCUT2D eigenvalue weighted by Gasteiger charge is -1.99. The summed E-state index contributed by atoms with van der Waals surface area (Å²) in [5.41, 5.74) is 1.72. The number of H-pyrrole nitrogens is 1. The predicted octanol–water partition coefficient (Wildman–Crippen LogP) is 3.00. The van der Waals surface area contributed by atoms with Crippen LogP contribution >= 0.6 is 0 Å². The molecular formula is C12H13N3O. The average Bonchev–Trinajstić information content (AvgIpc) is 2.89. The number of hydrogen-bond acceptors (Lipinski definition) is 3. The van der Waals surface area contributed by atoms with Gasteiger partial charge < -0.3 is 9.40 Å². The van der Waals surface area contributed by atoms with Gasteiger partial charge in [-0.15, -0.1) is 0 Å². The standard InChI is InChI=1S/C12H13N3O/c1-3-9(7-13)12-14-8(2)11(15-12)10-5-4-6-16-10/h4-6,9H,3H2,1-2H3,(H,14,15). The molecule has 4 nitrogen and oxygen atoms in total. The normalized spacial score (nSPS) is 12.3. The second kappa shape index (κ2) is 4.23. The van der Waals surface area contributed by atoms with Crippen LogP contribution in [0.1, 0.15) is 30.8 Å². The van der Waals surface area contributed by atoms with Crippen molar-refractivity contribution in [2.45, 2.75) is 26.2 Å². The lowest BCUT2D eigenvalue weighted by molar-refractivity contribution is 0.579. The Morgan fingerprint density at radius 2 is 2.44 bits per heavy atom. The summed E-state index contributed by atoms with van der Waals surface area (Å²) in [7, 11) is 0. The maximum absolute atomic E-state index is 8.98. The van der Waals surface area contributed by atoms with E-state index in [1.165, 1.54) is 0 Å². The number of nitriles is 1. The molecule has 0 aromatic carbocycles. The van der Waals surface area contributed by atoms with E-state index < -0.39 is 0 Å². The first-order chi connectivity index (χ1) is 7.76. The van der Waals surface area contributed by atoms with Gasteiger partial charge in [-0.05, 0) is 25.5 Å². The van der Waals surface area contributed by atoms with Crippen LogP contribution < -0.4 is 0 Å². The lowest BCUT2D eigenvalue weighted by atomic mass is 10.1. The van der Waals surface area contributed by atoms with Crippen LogP contribution in [0.4, 0.5) is 0 Å². The van der Waals surface area contributed by atoms with Gasteiger partial charge in [-0.1, -0.05) is 6.92 Å². The van der Waals surface area contributed by atoms with Crippen molar-refractivity contribution in [2.75, 3.05) is 0 Å². The number of hydrogen-bond donors (Lipinski definition) is 1. The zero-order valence-corrected chi connectivity index (χ0v) is 9.32. The quantitative estimate of drug-likeness (QED) is 0.855. The molecule has 1 unspecified atom stereocenters. The second-order valence-electron chi connectivity index (χ2n) is 3.66. The number of rotatable bonds is 3. The van der Waals surface area contributed by atoms with Crippen LogP contribution in [-0.2, 0) is 0 Å². The molecule has 0 radical (unpaired) electrons. The first-order valence-corrected chi connectivity index (χ1v) is 5.26. The Labute approximate surface area is 93.9 Å². The molecule has 0 aliphatic heterocycles. The average molecular weight is 215 g/mol. The Bertz CT molecular complexity index is 505. The molecule has 2 aromatic heterocycles. The highest BCUT2D eigenvalue weighted by molar-refractivity contribution is 5.55. The monoisotopic (exact) mass is 215 g/mol. The maximum Gasteiger partial charge on any atom is 0.154 e. The van der Waals surface area contributed by atoms with Crippen molar-refractivity contribution in [1.82, 2.24) is 9.97 Å². The maximum atomic E-state index is 8.98. The molecule has 0 saturated heterocycles. The second-order valence-corrected chi connectivity index (χ2v) is 3.66. The molecule has 1 N–H and O–H groups in total. The molecular weight excluding hydrogens is 202 g/mol. The molecule has 0 fully saturated rings. The third-order valence-corrected chi connectivity index (χ3v) is 2.55. The van der Waals surface area contributed by atoms with Crippen LogP contribution in [0.5, 0.6) is 0 Å². The van der Waals surface area contributed by atoms with Crippen LogP contribution in [-0.4, -0.2) is 9.97 Å². The molecule has 2 aromatic rings. The fourth-order valence-corrected chi connectivity index (χ4v) is 1.65. The van der Waals surface area contributed by atoms with Gasteiger partial charge in [0.2, 0.25) is 0 Å². The molecule has 0 saturated carbocycles. The number of nitrogens with one attached hydrogen (secondary N) is 1. The number of imidazole rings is 1. The molecule has 16 heavy (non-hydrogen) atoms. The van der Waals surface area contributed by atoms with E-state index in [2.05, 4.69) is 16.0 Å². The zero-order chi connectivity index (χ0) is 11.5. The molecule has 0 aliphatic rings. The highest BCUT2D eigenvalue weighted by Gasteiger charge is 2.16. The van der Waals surface area contributed by atoms with Crippen LogP contribution in [0.15, 0.2) is 22.8 Å². The van der Waals surface area contributed by atoms with Gasteiger partial charge in [-0.3, -0.25) is 0 Å². The van der Waals surface area contributed by atoms with Crippen LogP contribution in [0.25, 0.3) is 11.5 Å². The molecule has 1 atom stereocenters. The summed E-state index contributed by atoms with van der Waals surface area (Å²) < 4.78 is 5.30. The van der Waals surface area contributed by atoms with Crippen molar-refractivity contribution in [1.29, 1.82) is 5.26 Å². The van der Waals surface area contributed by atoms with E-state index in [0.717, 1.165) is 23.6 Å². The number of aromatic amines is 1. The lowest BCUT2D eigenvalue weighted by Crippen LogP contribution is -1.96. The van der Waals surface area contributed by atoms with E-state index in [9.17, 15) is 0 Å². The minimum absolute atomic E-state index is 0.178.